The highest BCUT2D eigenvalue weighted by Crippen LogP contribution is 2.19. The summed E-state index contributed by atoms with van der Waals surface area (Å²) in [4.78, 5) is 0. The fourth-order valence-electron chi connectivity index (χ4n) is 1.42. The second-order valence-corrected chi connectivity index (χ2v) is 3.73. The lowest BCUT2D eigenvalue weighted by Gasteiger charge is -2.03. The molecule has 0 heterocycles. The lowest BCUT2D eigenvalue weighted by Crippen LogP contribution is -1.88. The maximum atomic E-state index is 9.15. The molecule has 75 valence electrons. The van der Waals surface area contributed by atoms with E-state index >= 15 is 0 Å². The monoisotopic (exact) mass is 217 g/mol. The molecule has 0 amide bonds. The summed E-state index contributed by atoms with van der Waals surface area (Å²) >= 11 is 6.00. The summed E-state index contributed by atoms with van der Waals surface area (Å²) in [5.74, 6) is 0.282. The van der Waals surface area contributed by atoms with Crippen LogP contribution in [0.15, 0.2) is 42.5 Å². The third-order valence-corrected chi connectivity index (χ3v) is 2.57. The van der Waals surface area contributed by atoms with Crippen LogP contribution in [0.3, 0.4) is 0 Å². The molecule has 1 radical (unpaired) electrons. The third kappa shape index (κ3) is 2.51. The normalized spacial score (nSPS) is 10.2. The lowest BCUT2D eigenvalue weighted by atomic mass is 10.1. The van der Waals surface area contributed by atoms with E-state index in [9.17, 15) is 0 Å². The molecule has 1 nitrogen and oxygen atoms in total. The van der Waals surface area contributed by atoms with E-state index in [0.717, 1.165) is 17.5 Å². The summed E-state index contributed by atoms with van der Waals surface area (Å²) in [5.41, 5.74) is 2.17. The number of aromatic hydroxyl groups is 1. The van der Waals surface area contributed by atoms with Gasteiger partial charge in [0.05, 0.1) is 5.02 Å². The van der Waals surface area contributed by atoms with Gasteiger partial charge in [-0.15, -0.1) is 0 Å². The van der Waals surface area contributed by atoms with Crippen molar-refractivity contribution < 1.29 is 5.11 Å². The van der Waals surface area contributed by atoms with Crippen molar-refractivity contribution in [1.29, 1.82) is 0 Å². The number of benzene rings is 2. The highest BCUT2D eigenvalue weighted by Gasteiger charge is 2.00. The van der Waals surface area contributed by atoms with Crippen molar-refractivity contribution in [2.24, 2.45) is 0 Å². The maximum absolute atomic E-state index is 9.15. The first kappa shape index (κ1) is 10.1. The Morgan fingerprint density at radius 3 is 2.53 bits per heavy atom. The van der Waals surface area contributed by atoms with Gasteiger partial charge in [-0.25, -0.2) is 0 Å². The Bertz CT molecular complexity index is 448. The molecule has 0 atom stereocenters. The molecule has 15 heavy (non-hydrogen) atoms. The average molecular weight is 218 g/mol. The van der Waals surface area contributed by atoms with Crippen molar-refractivity contribution in [2.45, 2.75) is 6.42 Å². The van der Waals surface area contributed by atoms with Gasteiger partial charge in [0, 0.05) is 6.07 Å². The van der Waals surface area contributed by atoms with Crippen LogP contribution < -0.4 is 0 Å². The van der Waals surface area contributed by atoms with Crippen LogP contribution in [-0.2, 0) is 6.42 Å². The summed E-state index contributed by atoms with van der Waals surface area (Å²) in [6.45, 7) is 0. The van der Waals surface area contributed by atoms with E-state index in [4.69, 9.17) is 16.7 Å². The van der Waals surface area contributed by atoms with Crippen molar-refractivity contribution in [1.82, 2.24) is 0 Å². The molecule has 0 aromatic heterocycles. The molecule has 2 aromatic rings. The van der Waals surface area contributed by atoms with E-state index in [0.29, 0.717) is 5.02 Å². The molecule has 0 unspecified atom stereocenters. The quantitative estimate of drug-likeness (QED) is 0.817. The van der Waals surface area contributed by atoms with Crippen molar-refractivity contribution in [3.05, 3.63) is 64.7 Å². The van der Waals surface area contributed by atoms with Gasteiger partial charge in [-0.05, 0) is 29.7 Å². The molecule has 0 aliphatic carbocycles. The topological polar surface area (TPSA) is 20.2 Å². The van der Waals surface area contributed by atoms with Crippen LogP contribution in [0.25, 0.3) is 0 Å². The zero-order valence-electron chi connectivity index (χ0n) is 8.07. The van der Waals surface area contributed by atoms with Gasteiger partial charge in [0.25, 0.3) is 0 Å². The van der Waals surface area contributed by atoms with Crippen LogP contribution in [0, 0.1) is 6.07 Å². The van der Waals surface area contributed by atoms with Gasteiger partial charge in [0.1, 0.15) is 5.75 Å². The van der Waals surface area contributed by atoms with Crippen LogP contribution in [0.1, 0.15) is 11.1 Å². The molecule has 0 spiro atoms. The van der Waals surface area contributed by atoms with E-state index in [1.54, 1.807) is 18.2 Å². The van der Waals surface area contributed by atoms with E-state index < -0.39 is 0 Å². The first-order valence-electron chi connectivity index (χ1n) is 4.69. The third-order valence-electron chi connectivity index (χ3n) is 2.22. The standard InChI is InChI=1S/C13H10ClO/c14-13-4-2-1-3-11(13)9-10-5-7-12(15)8-6-10/h1-3,5-8,15H,9H2. The highest BCUT2D eigenvalue weighted by molar-refractivity contribution is 6.31. The van der Waals surface area contributed by atoms with Crippen molar-refractivity contribution in [3.63, 3.8) is 0 Å². The Labute approximate surface area is 94.0 Å². The van der Waals surface area contributed by atoms with Gasteiger partial charge >= 0.3 is 0 Å². The van der Waals surface area contributed by atoms with E-state index in [1.165, 1.54) is 0 Å². The summed E-state index contributed by atoms with van der Waals surface area (Å²) in [5, 5.41) is 9.80. The number of hydrogen-bond acceptors (Lipinski definition) is 1. The minimum absolute atomic E-state index is 0.282. The molecule has 2 heteroatoms. The molecule has 0 bridgehead atoms. The van der Waals surface area contributed by atoms with E-state index in [-0.39, 0.29) is 5.75 Å². The van der Waals surface area contributed by atoms with Crippen LogP contribution in [-0.4, -0.2) is 5.11 Å². The van der Waals surface area contributed by atoms with Gasteiger partial charge in [-0.1, -0.05) is 41.9 Å². The lowest BCUT2D eigenvalue weighted by molar-refractivity contribution is 0.475. The van der Waals surface area contributed by atoms with Crippen LogP contribution in [0.4, 0.5) is 0 Å². The number of halogens is 1. The van der Waals surface area contributed by atoms with Gasteiger partial charge < -0.3 is 5.11 Å². The second-order valence-electron chi connectivity index (χ2n) is 3.35. The minimum atomic E-state index is 0.282. The largest absolute Gasteiger partial charge is 0.508 e. The number of phenolic OH excluding ortho intramolecular Hbond substituents is 1. The van der Waals surface area contributed by atoms with Crippen molar-refractivity contribution in [2.75, 3.05) is 0 Å². The summed E-state index contributed by atoms with van der Waals surface area (Å²) in [6.07, 6.45) is 0.760. The van der Waals surface area contributed by atoms with Crippen LogP contribution in [0.2, 0.25) is 5.02 Å². The molecule has 0 fully saturated rings. The Morgan fingerprint density at radius 1 is 1.13 bits per heavy atom. The molecule has 0 aliphatic rings. The Morgan fingerprint density at radius 2 is 1.87 bits per heavy atom. The van der Waals surface area contributed by atoms with Crippen molar-refractivity contribution >= 4 is 11.6 Å². The molecular formula is C13H10ClO. The van der Waals surface area contributed by atoms with Crippen LogP contribution in [0.5, 0.6) is 5.75 Å². The molecule has 2 aromatic carbocycles. The maximum Gasteiger partial charge on any atom is 0.115 e. The predicted octanol–water partition coefficient (Wildman–Crippen LogP) is 3.44. The fraction of sp³-hybridized carbons (Fsp3) is 0.0769. The molecule has 1 N–H and O–H groups in total. The summed E-state index contributed by atoms with van der Waals surface area (Å²) < 4.78 is 0. The number of rotatable bonds is 2. The minimum Gasteiger partial charge on any atom is -0.508 e. The number of hydrogen-bond donors (Lipinski definition) is 1. The second kappa shape index (κ2) is 4.37. The molecule has 0 saturated heterocycles. The Balaban J connectivity index is 2.22. The van der Waals surface area contributed by atoms with Gasteiger partial charge in [-0.3, -0.25) is 0 Å². The molecule has 0 aliphatic heterocycles. The average Bonchev–Trinajstić information content (AvgIpc) is 2.25. The molecule has 0 saturated carbocycles. The fourth-order valence-corrected chi connectivity index (χ4v) is 1.61. The zero-order chi connectivity index (χ0) is 10.7. The summed E-state index contributed by atoms with van der Waals surface area (Å²) in [6, 6.07) is 15.8. The van der Waals surface area contributed by atoms with Crippen LogP contribution >= 0.6 is 11.6 Å². The zero-order valence-corrected chi connectivity index (χ0v) is 8.83. The molecule has 2 rings (SSSR count). The SMILES string of the molecule is Oc1ccc(Cc2ccc[c]c2Cl)cc1. The molecular weight excluding hydrogens is 208 g/mol. The predicted molar refractivity (Wildman–Crippen MR) is 61.2 cm³/mol. The first-order chi connectivity index (χ1) is 7.25. The van der Waals surface area contributed by atoms with Gasteiger partial charge in [0.15, 0.2) is 0 Å². The van der Waals surface area contributed by atoms with E-state index in [2.05, 4.69) is 6.07 Å². The number of phenols is 1. The smallest absolute Gasteiger partial charge is 0.115 e. The van der Waals surface area contributed by atoms with Gasteiger partial charge in [-0.2, -0.15) is 0 Å². The first-order valence-corrected chi connectivity index (χ1v) is 5.06. The Hall–Kier alpha value is -1.47. The van der Waals surface area contributed by atoms with Crippen molar-refractivity contribution in [3.8, 4) is 5.75 Å². The van der Waals surface area contributed by atoms with Gasteiger partial charge in [0.2, 0.25) is 0 Å². The Kier molecular flexibility index (Phi) is 2.93. The highest BCUT2D eigenvalue weighted by atomic mass is 35.5. The van der Waals surface area contributed by atoms with E-state index in [1.807, 2.05) is 24.3 Å². The summed E-state index contributed by atoms with van der Waals surface area (Å²) in [7, 11) is 0.